The first-order valence-corrected chi connectivity index (χ1v) is 10.5. The van der Waals surface area contributed by atoms with Crippen LogP contribution in [0.15, 0.2) is 18.2 Å². The Kier molecular flexibility index (Phi) is 6.16. The van der Waals surface area contributed by atoms with Crippen LogP contribution in [0, 0.1) is 11.3 Å². The predicted octanol–water partition coefficient (Wildman–Crippen LogP) is 3.86. The summed E-state index contributed by atoms with van der Waals surface area (Å²) in [4.78, 5) is 50.7. The average molecular weight is 455 g/mol. The van der Waals surface area contributed by atoms with Gasteiger partial charge in [-0.05, 0) is 48.8 Å². The van der Waals surface area contributed by atoms with E-state index in [1.165, 1.54) is 18.2 Å². The van der Waals surface area contributed by atoms with Crippen LogP contribution in [-0.4, -0.2) is 47.3 Å². The van der Waals surface area contributed by atoms with Crippen LogP contribution in [0.25, 0.3) is 0 Å². The molecule has 9 heteroatoms. The fourth-order valence-corrected chi connectivity index (χ4v) is 5.02. The van der Waals surface area contributed by atoms with E-state index in [4.69, 9.17) is 27.9 Å². The molecule has 0 radical (unpaired) electrons. The predicted molar refractivity (Wildman–Crippen MR) is 112 cm³/mol. The van der Waals surface area contributed by atoms with Crippen LogP contribution in [-0.2, 0) is 14.3 Å². The fourth-order valence-electron chi connectivity index (χ4n) is 4.72. The van der Waals surface area contributed by atoms with Crippen molar-refractivity contribution >= 4 is 46.9 Å². The van der Waals surface area contributed by atoms with Crippen molar-refractivity contribution in [3.63, 3.8) is 0 Å². The highest BCUT2D eigenvalue weighted by Crippen LogP contribution is 2.46. The Hall–Kier alpha value is -2.12. The summed E-state index contributed by atoms with van der Waals surface area (Å²) in [6.07, 6.45) is 2.00. The lowest BCUT2D eigenvalue weighted by Gasteiger charge is -2.43. The van der Waals surface area contributed by atoms with Crippen LogP contribution >= 0.6 is 23.2 Å². The topological polar surface area (TPSA) is 92.8 Å². The first kappa shape index (κ1) is 22.6. The maximum Gasteiger partial charge on any atom is 0.326 e. The number of imide groups is 1. The molecule has 1 saturated heterocycles. The molecule has 3 rings (SSSR count). The summed E-state index contributed by atoms with van der Waals surface area (Å²) in [5.74, 6) is -1.47. The lowest BCUT2D eigenvalue weighted by Crippen LogP contribution is -2.54. The number of ether oxygens (including phenoxy) is 1. The van der Waals surface area contributed by atoms with Gasteiger partial charge in [-0.2, -0.15) is 0 Å². The van der Waals surface area contributed by atoms with Gasteiger partial charge in [-0.25, -0.2) is 4.79 Å². The third-order valence-electron chi connectivity index (χ3n) is 5.52. The number of amides is 3. The van der Waals surface area contributed by atoms with E-state index >= 15 is 0 Å². The highest BCUT2D eigenvalue weighted by atomic mass is 35.5. The van der Waals surface area contributed by atoms with Gasteiger partial charge >= 0.3 is 12.0 Å². The number of benzene rings is 1. The summed E-state index contributed by atoms with van der Waals surface area (Å²) < 4.78 is 4.99. The number of carbonyl (C=O) groups excluding carboxylic acids is 4. The Morgan fingerprint density at radius 1 is 1.20 bits per heavy atom. The quantitative estimate of drug-likeness (QED) is 0.414. The lowest BCUT2D eigenvalue weighted by atomic mass is 9.64. The zero-order valence-corrected chi connectivity index (χ0v) is 18.6. The molecule has 2 atom stereocenters. The number of urea groups is 1. The Labute approximate surface area is 185 Å². The molecule has 2 fully saturated rings. The zero-order valence-electron chi connectivity index (χ0n) is 17.1. The summed E-state index contributed by atoms with van der Waals surface area (Å²) in [6.45, 7) is 5.10. The Balaban J connectivity index is 1.61. The summed E-state index contributed by atoms with van der Waals surface area (Å²) in [5, 5.41) is 3.31. The molecule has 7 nitrogen and oxygen atoms in total. The largest absolute Gasteiger partial charge is 0.456 e. The molecular weight excluding hydrogens is 431 g/mol. The van der Waals surface area contributed by atoms with E-state index in [9.17, 15) is 19.2 Å². The van der Waals surface area contributed by atoms with Gasteiger partial charge in [0.05, 0.1) is 10.0 Å². The van der Waals surface area contributed by atoms with E-state index in [1.807, 2.05) is 6.92 Å². The van der Waals surface area contributed by atoms with Crippen LogP contribution in [0.1, 0.15) is 50.4 Å². The van der Waals surface area contributed by atoms with Crippen LogP contribution in [0.4, 0.5) is 4.79 Å². The van der Waals surface area contributed by atoms with Crippen molar-refractivity contribution in [2.24, 2.45) is 11.3 Å². The molecule has 1 aromatic rings. The van der Waals surface area contributed by atoms with E-state index in [1.54, 1.807) is 0 Å². The van der Waals surface area contributed by atoms with Gasteiger partial charge in [-0.15, -0.1) is 0 Å². The first-order valence-electron chi connectivity index (χ1n) is 9.70. The molecule has 1 N–H and O–H groups in total. The average Bonchev–Trinajstić information content (AvgIpc) is 2.83. The van der Waals surface area contributed by atoms with Crippen molar-refractivity contribution in [3.8, 4) is 0 Å². The number of nitrogens with zero attached hydrogens (tertiary/aromatic N) is 1. The molecule has 1 aliphatic heterocycles. The molecule has 1 saturated carbocycles. The second kappa shape index (κ2) is 8.19. The van der Waals surface area contributed by atoms with Crippen LogP contribution < -0.4 is 5.32 Å². The molecule has 0 bridgehead atoms. The third-order valence-corrected chi connectivity index (χ3v) is 6.26. The molecule has 162 valence electrons. The molecule has 0 aromatic heterocycles. The van der Waals surface area contributed by atoms with Gasteiger partial charge in [0, 0.05) is 5.56 Å². The summed E-state index contributed by atoms with van der Waals surface area (Å²) in [6, 6.07) is 3.71. The van der Waals surface area contributed by atoms with Crippen LogP contribution in [0.2, 0.25) is 10.0 Å². The van der Waals surface area contributed by atoms with E-state index < -0.39 is 42.4 Å². The number of rotatable bonds is 5. The number of esters is 1. The monoisotopic (exact) mass is 454 g/mol. The smallest absolute Gasteiger partial charge is 0.326 e. The van der Waals surface area contributed by atoms with Crippen LogP contribution in [0.5, 0.6) is 0 Å². The summed E-state index contributed by atoms with van der Waals surface area (Å²) in [7, 11) is 0. The van der Waals surface area contributed by atoms with Gasteiger partial charge in [0.15, 0.2) is 12.4 Å². The molecule has 1 heterocycles. The highest BCUT2D eigenvalue weighted by Gasteiger charge is 2.56. The number of hydrogen-bond acceptors (Lipinski definition) is 5. The molecule has 2 aliphatic rings. The van der Waals surface area contributed by atoms with Crippen molar-refractivity contribution in [1.82, 2.24) is 10.2 Å². The van der Waals surface area contributed by atoms with Gasteiger partial charge in [0.1, 0.15) is 12.1 Å². The van der Waals surface area contributed by atoms with Crippen molar-refractivity contribution in [1.29, 1.82) is 0 Å². The zero-order chi connectivity index (χ0) is 22.3. The van der Waals surface area contributed by atoms with Crippen molar-refractivity contribution < 1.29 is 23.9 Å². The van der Waals surface area contributed by atoms with Gasteiger partial charge in [-0.3, -0.25) is 19.3 Å². The molecule has 1 aliphatic carbocycles. The minimum atomic E-state index is -0.992. The second-order valence-electron chi connectivity index (χ2n) is 8.97. The van der Waals surface area contributed by atoms with Gasteiger partial charge in [0.2, 0.25) is 0 Å². The number of ketones is 1. The minimum absolute atomic E-state index is 0.108. The number of halogens is 2. The molecule has 1 aromatic carbocycles. The lowest BCUT2D eigenvalue weighted by molar-refractivity contribution is -0.147. The van der Waals surface area contributed by atoms with Gasteiger partial charge in [0.25, 0.3) is 5.91 Å². The van der Waals surface area contributed by atoms with Gasteiger partial charge in [-0.1, -0.05) is 44.0 Å². The Morgan fingerprint density at radius 2 is 1.90 bits per heavy atom. The van der Waals surface area contributed by atoms with Crippen molar-refractivity contribution in [2.75, 3.05) is 13.2 Å². The normalized spacial score (nSPS) is 25.4. The van der Waals surface area contributed by atoms with Crippen molar-refractivity contribution in [2.45, 2.75) is 45.6 Å². The maximum atomic E-state index is 13.0. The van der Waals surface area contributed by atoms with E-state index in [0.717, 1.165) is 11.3 Å². The van der Waals surface area contributed by atoms with Crippen LogP contribution in [0.3, 0.4) is 0 Å². The molecule has 3 amide bonds. The molecular formula is C21H24Cl2N2O5. The first-order chi connectivity index (χ1) is 13.9. The van der Waals surface area contributed by atoms with Crippen molar-refractivity contribution in [3.05, 3.63) is 33.8 Å². The summed E-state index contributed by atoms with van der Waals surface area (Å²) >= 11 is 11.7. The van der Waals surface area contributed by atoms with E-state index in [2.05, 4.69) is 19.2 Å². The Morgan fingerprint density at radius 3 is 2.53 bits per heavy atom. The van der Waals surface area contributed by atoms with Gasteiger partial charge < -0.3 is 10.1 Å². The summed E-state index contributed by atoms with van der Waals surface area (Å²) in [5.41, 5.74) is -0.859. The third kappa shape index (κ3) is 4.62. The number of carbonyl (C=O) groups is 4. The standard InChI is InChI=1S/C21H24Cl2N2O5/c1-12-7-20(2,3)11-21(8-12)18(28)25(19(29)24-21)9-17(27)30-10-16(26)13-4-5-14(22)15(23)6-13/h4-6,12H,7-11H2,1-3H3,(H,24,29). The highest BCUT2D eigenvalue weighted by molar-refractivity contribution is 6.42. The molecule has 30 heavy (non-hydrogen) atoms. The minimum Gasteiger partial charge on any atom is -0.456 e. The Bertz CT molecular complexity index is 917. The fraction of sp³-hybridized carbons (Fsp3) is 0.524. The number of nitrogens with one attached hydrogen (secondary N) is 1. The van der Waals surface area contributed by atoms with E-state index in [-0.39, 0.29) is 21.9 Å². The number of Topliss-reactive ketones (excluding diaryl/α,β-unsaturated/α-hetero) is 1. The molecule has 2 unspecified atom stereocenters. The maximum absolute atomic E-state index is 13.0. The molecule has 1 spiro atoms. The van der Waals surface area contributed by atoms with E-state index in [0.29, 0.717) is 17.9 Å². The SMILES string of the molecule is CC1CC(C)(C)CC2(C1)NC(=O)N(CC(=O)OCC(=O)c1ccc(Cl)c(Cl)c1)C2=O. The second-order valence-corrected chi connectivity index (χ2v) is 9.79. The number of hydrogen-bond donors (Lipinski definition) is 1.